The van der Waals surface area contributed by atoms with Crippen LogP contribution in [0.3, 0.4) is 0 Å². The summed E-state index contributed by atoms with van der Waals surface area (Å²) in [5.41, 5.74) is 5.21. The van der Waals surface area contributed by atoms with E-state index < -0.39 is 6.09 Å². The summed E-state index contributed by atoms with van der Waals surface area (Å²) in [6, 6.07) is 0. The van der Waals surface area contributed by atoms with Crippen LogP contribution in [-0.2, 0) is 9.53 Å². The van der Waals surface area contributed by atoms with Crippen LogP contribution in [0.25, 0.3) is 0 Å². The summed E-state index contributed by atoms with van der Waals surface area (Å²) < 4.78 is 5.21. The second kappa shape index (κ2) is 27.7. The average molecular weight is 431 g/mol. The predicted molar refractivity (Wildman–Crippen MR) is 126 cm³/mol. The lowest BCUT2D eigenvalue weighted by molar-refractivity contribution is -0.143. The molecule has 180 valence electrons. The van der Waals surface area contributed by atoms with Crippen molar-refractivity contribution in [2.75, 3.05) is 19.7 Å². The maximum Gasteiger partial charge on any atom is 0.404 e. The van der Waals surface area contributed by atoms with Crippen LogP contribution in [0, 0.1) is 0 Å². The molecule has 0 saturated heterocycles. The molecule has 0 rings (SSSR count). The minimum Gasteiger partial charge on any atom is -0.466 e. The zero-order valence-electron chi connectivity index (χ0n) is 19.9. The Kier molecular flexibility index (Phi) is 28.5. The molecule has 4 N–H and O–H groups in total. The van der Waals surface area contributed by atoms with Crippen LogP contribution < -0.4 is 11.1 Å². The van der Waals surface area contributed by atoms with E-state index in [4.69, 9.17) is 15.6 Å². The van der Waals surface area contributed by atoms with Gasteiger partial charge in [-0.05, 0) is 32.2 Å². The van der Waals surface area contributed by atoms with Crippen molar-refractivity contribution in [2.45, 2.75) is 123 Å². The van der Waals surface area contributed by atoms with Crippen LogP contribution >= 0.6 is 0 Å². The number of ether oxygens (including phenoxy) is 1. The lowest BCUT2D eigenvalue weighted by Crippen LogP contribution is -2.21. The van der Waals surface area contributed by atoms with Crippen molar-refractivity contribution < 1.29 is 19.4 Å². The van der Waals surface area contributed by atoms with E-state index in [-0.39, 0.29) is 5.97 Å². The molecule has 0 unspecified atom stereocenters. The molecule has 0 aromatic carbocycles. The van der Waals surface area contributed by atoms with E-state index in [2.05, 4.69) is 19.2 Å². The van der Waals surface area contributed by atoms with Crippen LogP contribution in [0.2, 0.25) is 0 Å². The van der Waals surface area contributed by atoms with E-state index >= 15 is 0 Å². The van der Waals surface area contributed by atoms with Gasteiger partial charge in [0.15, 0.2) is 0 Å². The van der Waals surface area contributed by atoms with E-state index in [0.717, 1.165) is 38.6 Å². The van der Waals surface area contributed by atoms with Crippen molar-refractivity contribution in [1.82, 2.24) is 5.32 Å². The molecular weight excluding hydrogens is 380 g/mol. The van der Waals surface area contributed by atoms with Gasteiger partial charge in [0, 0.05) is 13.0 Å². The van der Waals surface area contributed by atoms with Crippen molar-refractivity contribution in [3.63, 3.8) is 0 Å². The standard InChI is InChI=1S/C19H37NO4.C5H13N/c1-2-3-4-5-6-7-8-9-10-14-17-24-18(21)15-12-11-13-16-20-19(22)23;1-2-3-4-5-6/h20H,2-17H2,1H3,(H,22,23);2-6H2,1H3. The number of carbonyl (C=O) groups is 2. The number of nitrogens with one attached hydrogen (secondary N) is 1. The molecule has 0 aliphatic heterocycles. The maximum absolute atomic E-state index is 11.5. The molecule has 0 fully saturated rings. The van der Waals surface area contributed by atoms with Crippen LogP contribution in [0.1, 0.15) is 123 Å². The van der Waals surface area contributed by atoms with Crippen LogP contribution in [0.15, 0.2) is 0 Å². The van der Waals surface area contributed by atoms with Gasteiger partial charge in [-0.1, -0.05) is 90.9 Å². The molecule has 0 heterocycles. The number of carbonyl (C=O) groups excluding carboxylic acids is 1. The predicted octanol–water partition coefficient (Wildman–Crippen LogP) is 6.41. The number of hydrogen-bond acceptors (Lipinski definition) is 4. The number of nitrogens with two attached hydrogens (primary N) is 1. The first-order valence-corrected chi connectivity index (χ1v) is 12.4. The first kappa shape index (κ1) is 30.9. The normalized spacial score (nSPS) is 10.2. The van der Waals surface area contributed by atoms with Crippen LogP contribution in [0.4, 0.5) is 4.79 Å². The monoisotopic (exact) mass is 430 g/mol. The van der Waals surface area contributed by atoms with Gasteiger partial charge < -0.3 is 20.9 Å². The first-order valence-electron chi connectivity index (χ1n) is 12.4. The third-order valence-corrected chi connectivity index (χ3v) is 4.90. The minimum atomic E-state index is -0.995. The van der Waals surface area contributed by atoms with Crippen LogP contribution in [0.5, 0.6) is 0 Å². The molecular formula is C24H50N2O4. The van der Waals surface area contributed by atoms with Crippen molar-refractivity contribution in [3.8, 4) is 0 Å². The Bertz CT molecular complexity index is 361. The first-order chi connectivity index (χ1) is 14.6. The fraction of sp³-hybridized carbons (Fsp3) is 0.917. The number of rotatable bonds is 20. The van der Waals surface area contributed by atoms with E-state index in [1.54, 1.807) is 0 Å². The minimum absolute atomic E-state index is 0.128. The zero-order valence-corrected chi connectivity index (χ0v) is 19.9. The molecule has 0 bridgehead atoms. The SMILES string of the molecule is CCCCCCCCCCCCOC(=O)CCCCCNC(=O)O.CCCCCN. The molecule has 0 aliphatic carbocycles. The highest BCUT2D eigenvalue weighted by Gasteiger charge is 2.02. The van der Waals surface area contributed by atoms with E-state index in [1.807, 2.05) is 0 Å². The van der Waals surface area contributed by atoms with Crippen molar-refractivity contribution in [2.24, 2.45) is 5.73 Å². The van der Waals surface area contributed by atoms with Gasteiger partial charge in [0.1, 0.15) is 0 Å². The lowest BCUT2D eigenvalue weighted by atomic mass is 10.1. The quantitative estimate of drug-likeness (QED) is 0.153. The van der Waals surface area contributed by atoms with Crippen LogP contribution in [-0.4, -0.2) is 36.9 Å². The summed E-state index contributed by atoms with van der Waals surface area (Å²) in [5, 5.41) is 10.7. The number of unbranched alkanes of at least 4 members (excludes halogenated alkanes) is 13. The second-order valence-corrected chi connectivity index (χ2v) is 7.94. The molecule has 0 radical (unpaired) electrons. The Morgan fingerprint density at radius 3 is 1.73 bits per heavy atom. The molecule has 0 aromatic rings. The lowest BCUT2D eigenvalue weighted by Gasteiger charge is -2.05. The molecule has 0 aliphatic rings. The van der Waals surface area contributed by atoms with Crippen molar-refractivity contribution in [1.29, 1.82) is 0 Å². The van der Waals surface area contributed by atoms with Gasteiger partial charge in [-0.2, -0.15) is 0 Å². The Balaban J connectivity index is 0. The number of hydrogen-bond donors (Lipinski definition) is 3. The summed E-state index contributed by atoms with van der Waals surface area (Å²) in [5.74, 6) is -0.128. The number of carboxylic acid groups (broad SMARTS) is 1. The van der Waals surface area contributed by atoms with Gasteiger partial charge in [-0.25, -0.2) is 4.79 Å². The van der Waals surface area contributed by atoms with E-state index in [0.29, 0.717) is 19.6 Å². The van der Waals surface area contributed by atoms with Gasteiger partial charge >= 0.3 is 12.1 Å². The highest BCUT2D eigenvalue weighted by molar-refractivity contribution is 5.69. The smallest absolute Gasteiger partial charge is 0.404 e. The molecule has 1 amide bonds. The van der Waals surface area contributed by atoms with E-state index in [9.17, 15) is 9.59 Å². The summed E-state index contributed by atoms with van der Waals surface area (Å²) >= 11 is 0. The summed E-state index contributed by atoms with van der Waals surface area (Å²) in [4.78, 5) is 21.8. The van der Waals surface area contributed by atoms with Gasteiger partial charge in [0.25, 0.3) is 0 Å². The Morgan fingerprint density at radius 2 is 1.23 bits per heavy atom. The highest BCUT2D eigenvalue weighted by Crippen LogP contribution is 2.10. The second-order valence-electron chi connectivity index (χ2n) is 7.94. The Morgan fingerprint density at radius 1 is 0.733 bits per heavy atom. The Labute approximate surface area is 185 Å². The van der Waals surface area contributed by atoms with Gasteiger partial charge in [-0.15, -0.1) is 0 Å². The summed E-state index contributed by atoms with van der Waals surface area (Å²) in [7, 11) is 0. The highest BCUT2D eigenvalue weighted by atomic mass is 16.5. The zero-order chi connectivity index (χ0) is 22.7. The third-order valence-electron chi connectivity index (χ3n) is 4.90. The fourth-order valence-corrected chi connectivity index (χ4v) is 3.01. The van der Waals surface area contributed by atoms with E-state index in [1.165, 1.54) is 70.6 Å². The van der Waals surface area contributed by atoms with Crippen molar-refractivity contribution in [3.05, 3.63) is 0 Å². The average Bonchev–Trinajstić information content (AvgIpc) is 2.73. The number of esters is 1. The summed E-state index contributed by atoms with van der Waals surface area (Å²) in [6.45, 7) is 6.26. The van der Waals surface area contributed by atoms with Gasteiger partial charge in [0.05, 0.1) is 6.61 Å². The topological polar surface area (TPSA) is 102 Å². The Hall–Kier alpha value is -1.30. The van der Waals surface area contributed by atoms with Gasteiger partial charge in [0.2, 0.25) is 0 Å². The molecule has 30 heavy (non-hydrogen) atoms. The molecule has 0 spiro atoms. The van der Waals surface area contributed by atoms with Gasteiger partial charge in [-0.3, -0.25) is 4.79 Å². The van der Waals surface area contributed by atoms with Crippen molar-refractivity contribution >= 4 is 12.1 Å². The molecule has 6 heteroatoms. The molecule has 0 aromatic heterocycles. The summed E-state index contributed by atoms with van der Waals surface area (Å²) in [6.07, 6.45) is 18.3. The maximum atomic E-state index is 11.5. The fourth-order valence-electron chi connectivity index (χ4n) is 3.01. The largest absolute Gasteiger partial charge is 0.466 e. The molecule has 0 atom stereocenters. The third kappa shape index (κ3) is 31.4. The molecule has 0 saturated carbocycles. The molecule has 6 nitrogen and oxygen atoms in total. The number of amides is 1.